The number of fused-ring (bicyclic) bond motifs is 3. The molecule has 2 aliphatic carbocycles. The van der Waals surface area contributed by atoms with Crippen LogP contribution in [0.25, 0.3) is 0 Å². The number of phenolic OH excluding ortho intramolecular Hbond substituents is 1. The molecule has 10 heteroatoms. The zero-order chi connectivity index (χ0) is 22.1. The monoisotopic (exact) mass is 415 g/mol. The SMILES string of the molecule is CN(C)[C@@H]1C(O)=C(C(N)=O)C(=O)[C@@]2(O)C(O)=C3C(=O)c4c(O)cccc4N[C@H]3C[C@@H]12. The van der Waals surface area contributed by atoms with E-state index in [9.17, 15) is 34.8 Å². The van der Waals surface area contributed by atoms with E-state index in [1.165, 1.54) is 11.0 Å². The number of benzene rings is 1. The quantitative estimate of drug-likeness (QED) is 0.356. The van der Waals surface area contributed by atoms with Crippen LogP contribution in [0.1, 0.15) is 16.8 Å². The third-order valence-corrected chi connectivity index (χ3v) is 6.13. The fourth-order valence-electron chi connectivity index (χ4n) is 4.83. The Morgan fingerprint density at radius 3 is 2.50 bits per heavy atom. The van der Waals surface area contributed by atoms with Crippen LogP contribution in [-0.2, 0) is 9.59 Å². The topological polar surface area (TPSA) is 173 Å². The van der Waals surface area contributed by atoms with Crippen molar-refractivity contribution in [3.8, 4) is 5.75 Å². The second kappa shape index (κ2) is 6.31. The molecular formula is C20H21N3O7. The van der Waals surface area contributed by atoms with Crippen molar-refractivity contribution in [3.05, 3.63) is 46.4 Å². The lowest BCUT2D eigenvalue weighted by atomic mass is 9.61. The van der Waals surface area contributed by atoms with Gasteiger partial charge >= 0.3 is 0 Å². The molecule has 4 atom stereocenters. The van der Waals surface area contributed by atoms with Gasteiger partial charge in [-0.2, -0.15) is 0 Å². The highest BCUT2D eigenvalue weighted by molar-refractivity contribution is 6.25. The summed E-state index contributed by atoms with van der Waals surface area (Å²) in [6, 6.07) is 2.61. The molecular weight excluding hydrogens is 394 g/mol. The molecule has 1 aromatic carbocycles. The van der Waals surface area contributed by atoms with Crippen LogP contribution in [0.5, 0.6) is 5.75 Å². The van der Waals surface area contributed by atoms with Gasteiger partial charge in [0.15, 0.2) is 11.4 Å². The third-order valence-electron chi connectivity index (χ3n) is 6.13. The molecule has 0 radical (unpaired) electrons. The minimum absolute atomic E-state index is 0.0264. The van der Waals surface area contributed by atoms with Crippen molar-refractivity contribution < 1.29 is 34.8 Å². The highest BCUT2D eigenvalue weighted by atomic mass is 16.3. The summed E-state index contributed by atoms with van der Waals surface area (Å²) in [6.07, 6.45) is -0.0264. The van der Waals surface area contributed by atoms with Gasteiger partial charge in [-0.3, -0.25) is 19.3 Å². The number of hydrogen-bond donors (Lipinski definition) is 6. The van der Waals surface area contributed by atoms with E-state index in [1.54, 1.807) is 26.2 Å². The van der Waals surface area contributed by atoms with Crippen molar-refractivity contribution >= 4 is 23.2 Å². The van der Waals surface area contributed by atoms with Gasteiger partial charge in [0.2, 0.25) is 5.78 Å². The molecule has 7 N–H and O–H groups in total. The fraction of sp³-hybridized carbons (Fsp3) is 0.350. The summed E-state index contributed by atoms with van der Waals surface area (Å²) in [5.74, 6) is -6.20. The lowest BCUT2D eigenvalue weighted by Crippen LogP contribution is -2.65. The van der Waals surface area contributed by atoms with E-state index in [1.807, 2.05) is 0 Å². The lowest BCUT2D eigenvalue weighted by molar-refractivity contribution is -0.147. The molecule has 0 unspecified atom stereocenters. The van der Waals surface area contributed by atoms with Gasteiger partial charge in [0.05, 0.1) is 23.2 Å². The third kappa shape index (κ3) is 2.34. The minimum Gasteiger partial charge on any atom is -0.510 e. The van der Waals surface area contributed by atoms with E-state index >= 15 is 0 Å². The van der Waals surface area contributed by atoms with E-state index < -0.39 is 58.2 Å². The molecule has 0 saturated heterocycles. The maximum absolute atomic E-state index is 13.1. The lowest BCUT2D eigenvalue weighted by Gasteiger charge is -2.50. The molecule has 0 fully saturated rings. The van der Waals surface area contributed by atoms with Crippen LogP contribution >= 0.6 is 0 Å². The van der Waals surface area contributed by atoms with E-state index in [4.69, 9.17) is 5.73 Å². The number of amides is 1. The molecule has 1 amide bonds. The number of aliphatic hydroxyl groups is 3. The van der Waals surface area contributed by atoms with Crippen molar-refractivity contribution in [2.24, 2.45) is 11.7 Å². The van der Waals surface area contributed by atoms with E-state index in [0.29, 0.717) is 5.69 Å². The van der Waals surface area contributed by atoms with Gasteiger partial charge in [-0.05, 0) is 32.6 Å². The largest absolute Gasteiger partial charge is 0.510 e. The number of Topliss-reactive ketones (excluding diaryl/α,β-unsaturated/α-hetero) is 2. The van der Waals surface area contributed by atoms with Crippen LogP contribution in [0.3, 0.4) is 0 Å². The number of nitrogens with one attached hydrogen (secondary N) is 1. The van der Waals surface area contributed by atoms with Crippen LogP contribution in [0.4, 0.5) is 5.69 Å². The number of carbonyl (C=O) groups is 3. The van der Waals surface area contributed by atoms with Crippen LogP contribution in [-0.4, -0.2) is 74.6 Å². The first kappa shape index (κ1) is 19.9. The molecule has 3 aliphatic rings. The van der Waals surface area contributed by atoms with Crippen molar-refractivity contribution in [1.29, 1.82) is 0 Å². The smallest absolute Gasteiger partial charge is 0.255 e. The maximum Gasteiger partial charge on any atom is 0.255 e. The normalized spacial score (nSPS) is 30.6. The first-order chi connectivity index (χ1) is 14.0. The summed E-state index contributed by atoms with van der Waals surface area (Å²) in [5, 5.41) is 46.1. The molecule has 1 heterocycles. The fourth-order valence-corrected chi connectivity index (χ4v) is 4.83. The molecule has 4 rings (SSSR count). The Morgan fingerprint density at radius 2 is 1.90 bits per heavy atom. The number of rotatable bonds is 2. The van der Waals surface area contributed by atoms with Crippen LogP contribution < -0.4 is 11.1 Å². The summed E-state index contributed by atoms with van der Waals surface area (Å²) in [4.78, 5) is 39.5. The number of nitrogens with two attached hydrogens (primary N) is 1. The number of anilines is 1. The molecule has 10 nitrogen and oxygen atoms in total. The average Bonchev–Trinajstić information content (AvgIpc) is 2.64. The predicted octanol–water partition coefficient (Wildman–Crippen LogP) is -0.258. The molecule has 0 saturated carbocycles. The van der Waals surface area contributed by atoms with Gasteiger partial charge in [-0.25, -0.2) is 0 Å². The first-order valence-electron chi connectivity index (χ1n) is 9.25. The first-order valence-corrected chi connectivity index (χ1v) is 9.25. The Kier molecular flexibility index (Phi) is 4.19. The Bertz CT molecular complexity index is 1070. The van der Waals surface area contributed by atoms with Crippen molar-refractivity contribution in [2.75, 3.05) is 19.4 Å². The summed E-state index contributed by atoms with van der Waals surface area (Å²) in [6.45, 7) is 0. The highest BCUT2D eigenvalue weighted by Crippen LogP contribution is 2.50. The average molecular weight is 415 g/mol. The number of carbonyl (C=O) groups excluding carboxylic acids is 3. The number of primary amides is 1. The van der Waals surface area contributed by atoms with E-state index in [2.05, 4.69) is 5.32 Å². The second-order valence-corrected chi connectivity index (χ2v) is 7.96. The van der Waals surface area contributed by atoms with Gasteiger partial charge < -0.3 is 31.5 Å². The van der Waals surface area contributed by atoms with Crippen LogP contribution in [0, 0.1) is 5.92 Å². The van der Waals surface area contributed by atoms with Gasteiger partial charge in [0, 0.05) is 11.6 Å². The van der Waals surface area contributed by atoms with Gasteiger partial charge in [-0.1, -0.05) is 6.07 Å². The summed E-state index contributed by atoms with van der Waals surface area (Å²) in [7, 11) is 3.14. The van der Waals surface area contributed by atoms with Crippen LogP contribution in [0.2, 0.25) is 0 Å². The molecule has 0 aromatic heterocycles. The van der Waals surface area contributed by atoms with E-state index in [0.717, 1.165) is 0 Å². The van der Waals surface area contributed by atoms with Crippen molar-refractivity contribution in [3.63, 3.8) is 0 Å². The number of nitrogens with zero attached hydrogens (tertiary/aromatic N) is 1. The number of hydrogen-bond acceptors (Lipinski definition) is 9. The number of ketones is 2. The Labute approximate surface area is 170 Å². The minimum atomic E-state index is -2.64. The van der Waals surface area contributed by atoms with Gasteiger partial charge in [0.25, 0.3) is 5.91 Å². The highest BCUT2D eigenvalue weighted by Gasteiger charge is 2.63. The Morgan fingerprint density at radius 1 is 1.23 bits per heavy atom. The van der Waals surface area contributed by atoms with E-state index in [-0.39, 0.29) is 23.3 Å². The number of likely N-dealkylation sites (N-methyl/N-ethyl adjacent to an activating group) is 1. The zero-order valence-corrected chi connectivity index (χ0v) is 16.2. The number of aliphatic hydroxyl groups excluding tert-OH is 2. The van der Waals surface area contributed by atoms with Gasteiger partial charge in [0.1, 0.15) is 22.8 Å². The Hall–Kier alpha value is -3.37. The molecule has 0 spiro atoms. The second-order valence-electron chi connectivity index (χ2n) is 7.96. The molecule has 158 valence electrons. The maximum atomic E-state index is 13.1. The predicted molar refractivity (Wildman–Crippen MR) is 104 cm³/mol. The summed E-state index contributed by atoms with van der Waals surface area (Å²) in [5.41, 5.74) is 1.76. The number of phenols is 1. The van der Waals surface area contributed by atoms with Crippen molar-refractivity contribution in [1.82, 2.24) is 4.90 Å². The molecule has 30 heavy (non-hydrogen) atoms. The van der Waals surface area contributed by atoms with Gasteiger partial charge in [-0.15, -0.1) is 0 Å². The zero-order valence-electron chi connectivity index (χ0n) is 16.2. The van der Waals surface area contributed by atoms with Crippen LogP contribution in [0.15, 0.2) is 40.9 Å². The molecule has 1 aromatic rings. The summed E-state index contributed by atoms with van der Waals surface area (Å²) < 4.78 is 0. The number of aromatic hydroxyl groups is 1. The summed E-state index contributed by atoms with van der Waals surface area (Å²) >= 11 is 0. The molecule has 1 aliphatic heterocycles. The molecule has 0 bridgehead atoms. The van der Waals surface area contributed by atoms with Crippen molar-refractivity contribution in [2.45, 2.75) is 24.1 Å². The standard InChI is InChI=1S/C20H21N3O7/c1-23(2)14-7-6-9-12(15(25)11-8(22-9)4-3-5-10(11)24)17(27)20(7,30)18(28)13(16(14)26)19(21)29/h3-5,7,9,14,22,24,26-27,30H,6H2,1-2H3,(H2,21,29)/t7-,9-,14-,20-/m0/s1. The Balaban J connectivity index is 1.97.